The van der Waals surface area contributed by atoms with Gasteiger partial charge >= 0.3 is 6.03 Å². The summed E-state index contributed by atoms with van der Waals surface area (Å²) in [6.07, 6.45) is 0. The van der Waals surface area contributed by atoms with Crippen molar-refractivity contribution in [2.45, 2.75) is 20.0 Å². The summed E-state index contributed by atoms with van der Waals surface area (Å²) in [7, 11) is 0. The van der Waals surface area contributed by atoms with E-state index in [2.05, 4.69) is 39.8 Å². The Morgan fingerprint density at radius 2 is 1.88 bits per heavy atom. The zero-order chi connectivity index (χ0) is 12.1. The molecule has 1 heterocycles. The molecule has 1 aromatic rings. The van der Waals surface area contributed by atoms with Crippen LogP contribution in [0.25, 0.3) is 0 Å². The molecule has 0 saturated heterocycles. The first kappa shape index (κ1) is 11.9. The molecule has 2 N–H and O–H groups in total. The normalized spacial score (nSPS) is 14.4. The van der Waals surface area contributed by atoms with E-state index in [1.807, 2.05) is 6.92 Å². The van der Waals surface area contributed by atoms with Gasteiger partial charge in [0, 0.05) is 32.7 Å². The SMILES string of the molecule is CCNC(=O)NCCN1Cc2ccccc2C1. The van der Waals surface area contributed by atoms with Crippen LogP contribution in [-0.4, -0.2) is 30.6 Å². The highest BCUT2D eigenvalue weighted by atomic mass is 16.2. The molecule has 0 saturated carbocycles. The second-order valence-electron chi connectivity index (χ2n) is 4.27. The molecule has 2 rings (SSSR count). The smallest absolute Gasteiger partial charge is 0.314 e. The lowest BCUT2D eigenvalue weighted by atomic mass is 10.1. The summed E-state index contributed by atoms with van der Waals surface area (Å²) in [4.78, 5) is 13.5. The predicted molar refractivity (Wildman–Crippen MR) is 67.6 cm³/mol. The van der Waals surface area contributed by atoms with E-state index >= 15 is 0 Å². The number of hydrogen-bond acceptors (Lipinski definition) is 2. The van der Waals surface area contributed by atoms with Crippen molar-refractivity contribution in [1.82, 2.24) is 15.5 Å². The molecule has 17 heavy (non-hydrogen) atoms. The lowest BCUT2D eigenvalue weighted by Gasteiger charge is -2.15. The molecular formula is C13H19N3O. The first-order valence-electron chi connectivity index (χ1n) is 6.10. The lowest BCUT2D eigenvalue weighted by molar-refractivity contribution is 0.236. The minimum atomic E-state index is -0.0794. The fourth-order valence-electron chi connectivity index (χ4n) is 2.11. The van der Waals surface area contributed by atoms with Crippen molar-refractivity contribution in [1.29, 1.82) is 0 Å². The fraction of sp³-hybridized carbons (Fsp3) is 0.462. The number of urea groups is 1. The van der Waals surface area contributed by atoms with E-state index in [-0.39, 0.29) is 6.03 Å². The van der Waals surface area contributed by atoms with Crippen LogP contribution in [0.3, 0.4) is 0 Å². The third-order valence-electron chi connectivity index (χ3n) is 2.96. The molecule has 1 aliphatic rings. The van der Waals surface area contributed by atoms with Gasteiger partial charge in [-0.15, -0.1) is 0 Å². The van der Waals surface area contributed by atoms with E-state index in [1.165, 1.54) is 11.1 Å². The summed E-state index contributed by atoms with van der Waals surface area (Å²) in [5.41, 5.74) is 2.82. The number of rotatable bonds is 4. The highest BCUT2D eigenvalue weighted by Gasteiger charge is 2.17. The van der Waals surface area contributed by atoms with Crippen molar-refractivity contribution in [3.05, 3.63) is 35.4 Å². The Bertz CT molecular complexity index is 367. The summed E-state index contributed by atoms with van der Waals surface area (Å²) in [5, 5.41) is 5.57. The summed E-state index contributed by atoms with van der Waals surface area (Å²) in [6, 6.07) is 8.42. The molecule has 1 aromatic carbocycles. The number of benzene rings is 1. The average molecular weight is 233 g/mol. The average Bonchev–Trinajstić information content (AvgIpc) is 2.71. The van der Waals surface area contributed by atoms with Crippen LogP contribution >= 0.6 is 0 Å². The van der Waals surface area contributed by atoms with Crippen molar-refractivity contribution in [2.24, 2.45) is 0 Å². The van der Waals surface area contributed by atoms with Crippen molar-refractivity contribution in [3.8, 4) is 0 Å². The molecule has 0 spiro atoms. The van der Waals surface area contributed by atoms with Gasteiger partial charge in [0.15, 0.2) is 0 Å². The monoisotopic (exact) mass is 233 g/mol. The molecule has 92 valence electrons. The summed E-state index contributed by atoms with van der Waals surface area (Å²) in [5.74, 6) is 0. The highest BCUT2D eigenvalue weighted by molar-refractivity contribution is 5.73. The second-order valence-corrected chi connectivity index (χ2v) is 4.27. The standard InChI is InChI=1S/C13H19N3O/c1-2-14-13(17)15-7-8-16-9-11-5-3-4-6-12(11)10-16/h3-6H,2,7-10H2,1H3,(H2,14,15,17). The third kappa shape index (κ3) is 3.20. The second kappa shape index (κ2) is 5.68. The van der Waals surface area contributed by atoms with Gasteiger partial charge in [-0.2, -0.15) is 0 Å². The molecule has 4 nitrogen and oxygen atoms in total. The van der Waals surface area contributed by atoms with E-state index in [0.717, 1.165) is 19.6 Å². The van der Waals surface area contributed by atoms with Crippen molar-refractivity contribution >= 4 is 6.03 Å². The molecule has 0 atom stereocenters. The Morgan fingerprint density at radius 1 is 1.24 bits per heavy atom. The first-order chi connectivity index (χ1) is 8.29. The Labute approximate surface area is 102 Å². The molecule has 0 unspecified atom stereocenters. The zero-order valence-corrected chi connectivity index (χ0v) is 10.2. The Kier molecular flexibility index (Phi) is 3.98. The van der Waals surface area contributed by atoms with Gasteiger partial charge in [0.1, 0.15) is 0 Å². The molecule has 0 fully saturated rings. The minimum absolute atomic E-state index is 0.0794. The number of nitrogens with zero attached hydrogens (tertiary/aromatic N) is 1. The molecule has 0 aliphatic carbocycles. The van der Waals surface area contributed by atoms with Gasteiger partial charge in [-0.05, 0) is 18.1 Å². The molecular weight excluding hydrogens is 214 g/mol. The summed E-state index contributed by atoms with van der Waals surface area (Å²) >= 11 is 0. The topological polar surface area (TPSA) is 44.4 Å². The molecule has 2 amide bonds. The summed E-state index contributed by atoms with van der Waals surface area (Å²) < 4.78 is 0. The number of fused-ring (bicyclic) bond motifs is 1. The van der Waals surface area contributed by atoms with E-state index in [0.29, 0.717) is 13.1 Å². The van der Waals surface area contributed by atoms with Crippen LogP contribution in [0.2, 0.25) is 0 Å². The van der Waals surface area contributed by atoms with Gasteiger partial charge in [-0.1, -0.05) is 24.3 Å². The third-order valence-corrected chi connectivity index (χ3v) is 2.96. The van der Waals surface area contributed by atoms with Crippen LogP contribution in [0.1, 0.15) is 18.1 Å². The van der Waals surface area contributed by atoms with Crippen LogP contribution < -0.4 is 10.6 Å². The Hall–Kier alpha value is -1.55. The van der Waals surface area contributed by atoms with Gasteiger partial charge in [-0.25, -0.2) is 4.79 Å². The highest BCUT2D eigenvalue weighted by Crippen LogP contribution is 2.21. The van der Waals surface area contributed by atoms with Gasteiger partial charge in [-0.3, -0.25) is 4.90 Å². The molecule has 4 heteroatoms. The fourth-order valence-corrected chi connectivity index (χ4v) is 2.11. The van der Waals surface area contributed by atoms with Crippen LogP contribution in [-0.2, 0) is 13.1 Å². The summed E-state index contributed by atoms with van der Waals surface area (Å²) in [6.45, 7) is 6.16. The van der Waals surface area contributed by atoms with Crippen LogP contribution in [0.4, 0.5) is 4.79 Å². The van der Waals surface area contributed by atoms with Gasteiger partial charge in [0.2, 0.25) is 0 Å². The largest absolute Gasteiger partial charge is 0.338 e. The maximum absolute atomic E-state index is 11.2. The number of amides is 2. The van der Waals surface area contributed by atoms with Gasteiger partial charge in [0.05, 0.1) is 0 Å². The minimum Gasteiger partial charge on any atom is -0.338 e. The molecule has 1 aliphatic heterocycles. The molecule has 0 bridgehead atoms. The van der Waals surface area contributed by atoms with Crippen LogP contribution in [0, 0.1) is 0 Å². The van der Waals surface area contributed by atoms with Crippen molar-refractivity contribution in [3.63, 3.8) is 0 Å². The van der Waals surface area contributed by atoms with E-state index in [9.17, 15) is 4.79 Å². The van der Waals surface area contributed by atoms with Crippen LogP contribution in [0.5, 0.6) is 0 Å². The van der Waals surface area contributed by atoms with Crippen molar-refractivity contribution < 1.29 is 4.79 Å². The zero-order valence-electron chi connectivity index (χ0n) is 10.2. The molecule has 0 aromatic heterocycles. The lowest BCUT2D eigenvalue weighted by Crippen LogP contribution is -2.39. The Morgan fingerprint density at radius 3 is 2.47 bits per heavy atom. The quantitative estimate of drug-likeness (QED) is 0.824. The van der Waals surface area contributed by atoms with E-state index in [4.69, 9.17) is 0 Å². The van der Waals surface area contributed by atoms with Gasteiger partial charge < -0.3 is 10.6 Å². The van der Waals surface area contributed by atoms with Gasteiger partial charge in [0.25, 0.3) is 0 Å². The maximum Gasteiger partial charge on any atom is 0.314 e. The molecule has 0 radical (unpaired) electrons. The number of nitrogens with one attached hydrogen (secondary N) is 2. The number of carbonyl (C=O) groups excluding carboxylic acids is 1. The predicted octanol–water partition coefficient (Wildman–Crippen LogP) is 1.32. The number of hydrogen-bond donors (Lipinski definition) is 2. The maximum atomic E-state index is 11.2. The first-order valence-corrected chi connectivity index (χ1v) is 6.10. The van der Waals surface area contributed by atoms with Crippen molar-refractivity contribution in [2.75, 3.05) is 19.6 Å². The Balaban J connectivity index is 1.72. The van der Waals surface area contributed by atoms with E-state index < -0.39 is 0 Å². The number of carbonyl (C=O) groups is 1. The van der Waals surface area contributed by atoms with E-state index in [1.54, 1.807) is 0 Å². The van der Waals surface area contributed by atoms with Crippen LogP contribution in [0.15, 0.2) is 24.3 Å².